The van der Waals surface area contributed by atoms with Gasteiger partial charge >= 0.3 is 0 Å². The van der Waals surface area contributed by atoms with Crippen molar-refractivity contribution in [3.63, 3.8) is 0 Å². The molecule has 0 heterocycles. The summed E-state index contributed by atoms with van der Waals surface area (Å²) in [6.07, 6.45) is 4.25. The number of hydrogen-bond donors (Lipinski definition) is 1. The van der Waals surface area contributed by atoms with Gasteiger partial charge in [0.1, 0.15) is 0 Å². The topological polar surface area (TPSA) is 63.5 Å². The van der Waals surface area contributed by atoms with E-state index < -0.39 is 0 Å². The van der Waals surface area contributed by atoms with E-state index >= 15 is 0 Å². The van der Waals surface area contributed by atoms with E-state index in [0.29, 0.717) is 17.2 Å². The third-order valence-corrected chi connectivity index (χ3v) is 3.95. The third kappa shape index (κ3) is 3.33. The molecule has 0 amide bonds. The van der Waals surface area contributed by atoms with Crippen LogP contribution in [-0.4, -0.2) is 27.4 Å². The van der Waals surface area contributed by atoms with Crippen LogP contribution in [0.15, 0.2) is 12.1 Å². The lowest BCUT2D eigenvalue weighted by Crippen LogP contribution is -2.31. The van der Waals surface area contributed by atoms with Crippen LogP contribution in [0.1, 0.15) is 25.7 Å². The van der Waals surface area contributed by atoms with Crippen molar-refractivity contribution in [3.05, 3.63) is 12.1 Å². The van der Waals surface area contributed by atoms with Gasteiger partial charge in [0.25, 0.3) is 0 Å². The Kier molecular flexibility index (Phi) is 5.15. The fourth-order valence-corrected chi connectivity index (χ4v) is 2.84. The average molecular weight is 290 g/mol. The van der Waals surface area contributed by atoms with Gasteiger partial charge in [-0.1, -0.05) is 12.8 Å². The van der Waals surface area contributed by atoms with E-state index in [0.717, 1.165) is 31.4 Å². The molecule has 5 heteroatoms. The molecule has 1 aromatic rings. The maximum atomic E-state index is 9.26. The molecular formula is C16H22N2O3. The summed E-state index contributed by atoms with van der Waals surface area (Å²) in [4.78, 5) is 0. The van der Waals surface area contributed by atoms with Crippen molar-refractivity contribution >= 4 is 5.69 Å². The SMILES string of the molecule is COc1cc(NC2CCCCC2C#N)cc(OC)c1OC. The molecular weight excluding hydrogens is 268 g/mol. The first-order chi connectivity index (χ1) is 10.2. The molecule has 0 aliphatic heterocycles. The van der Waals surface area contributed by atoms with Gasteiger partial charge in [-0.15, -0.1) is 0 Å². The minimum absolute atomic E-state index is 0.0536. The van der Waals surface area contributed by atoms with Crippen molar-refractivity contribution in [2.24, 2.45) is 5.92 Å². The summed E-state index contributed by atoms with van der Waals surface area (Å²) < 4.78 is 16.0. The molecule has 1 fully saturated rings. The zero-order chi connectivity index (χ0) is 15.2. The van der Waals surface area contributed by atoms with Crippen molar-refractivity contribution < 1.29 is 14.2 Å². The van der Waals surface area contributed by atoms with Crippen molar-refractivity contribution in [3.8, 4) is 23.3 Å². The summed E-state index contributed by atoms with van der Waals surface area (Å²) in [6.45, 7) is 0. The second-order valence-corrected chi connectivity index (χ2v) is 5.18. The highest BCUT2D eigenvalue weighted by atomic mass is 16.5. The Balaban J connectivity index is 2.25. The minimum Gasteiger partial charge on any atom is -0.493 e. The number of anilines is 1. The molecule has 5 nitrogen and oxygen atoms in total. The van der Waals surface area contributed by atoms with E-state index in [4.69, 9.17) is 14.2 Å². The summed E-state index contributed by atoms with van der Waals surface area (Å²) in [7, 11) is 4.78. The molecule has 114 valence electrons. The van der Waals surface area contributed by atoms with E-state index in [-0.39, 0.29) is 12.0 Å². The van der Waals surface area contributed by atoms with E-state index in [1.54, 1.807) is 21.3 Å². The Morgan fingerprint density at radius 3 is 2.19 bits per heavy atom. The summed E-state index contributed by atoms with van der Waals surface area (Å²) >= 11 is 0. The van der Waals surface area contributed by atoms with Crippen LogP contribution in [0.25, 0.3) is 0 Å². The fraction of sp³-hybridized carbons (Fsp3) is 0.562. The van der Waals surface area contributed by atoms with Crippen molar-refractivity contribution in [1.29, 1.82) is 5.26 Å². The minimum atomic E-state index is 0.0536. The van der Waals surface area contributed by atoms with Crippen LogP contribution < -0.4 is 19.5 Å². The zero-order valence-corrected chi connectivity index (χ0v) is 12.8. The van der Waals surface area contributed by atoms with Crippen molar-refractivity contribution in [2.45, 2.75) is 31.7 Å². The van der Waals surface area contributed by atoms with Crippen molar-refractivity contribution in [2.75, 3.05) is 26.6 Å². The number of nitriles is 1. The lowest BCUT2D eigenvalue weighted by atomic mass is 9.85. The van der Waals surface area contributed by atoms with Gasteiger partial charge in [0.05, 0.1) is 33.3 Å². The normalized spacial score (nSPS) is 21.2. The zero-order valence-electron chi connectivity index (χ0n) is 12.8. The molecule has 1 saturated carbocycles. The van der Waals surface area contributed by atoms with E-state index in [9.17, 15) is 5.26 Å². The van der Waals surface area contributed by atoms with Crippen LogP contribution in [0.3, 0.4) is 0 Å². The Hall–Kier alpha value is -2.09. The Morgan fingerprint density at radius 2 is 1.67 bits per heavy atom. The summed E-state index contributed by atoms with van der Waals surface area (Å²) in [5.41, 5.74) is 0.886. The molecule has 2 atom stereocenters. The lowest BCUT2D eigenvalue weighted by molar-refractivity contribution is 0.324. The Labute approximate surface area is 125 Å². The molecule has 0 spiro atoms. The fourth-order valence-electron chi connectivity index (χ4n) is 2.84. The highest BCUT2D eigenvalue weighted by molar-refractivity contribution is 5.63. The second-order valence-electron chi connectivity index (χ2n) is 5.18. The smallest absolute Gasteiger partial charge is 0.203 e. The maximum absolute atomic E-state index is 9.26. The van der Waals surface area contributed by atoms with Gasteiger partial charge in [-0.25, -0.2) is 0 Å². The molecule has 1 N–H and O–H groups in total. The second kappa shape index (κ2) is 7.07. The summed E-state index contributed by atoms with van der Waals surface area (Å²) in [6, 6.07) is 6.34. The monoisotopic (exact) mass is 290 g/mol. The van der Waals surface area contributed by atoms with E-state index in [1.807, 2.05) is 12.1 Å². The Morgan fingerprint density at radius 1 is 1.05 bits per heavy atom. The Bertz CT molecular complexity index is 500. The molecule has 2 rings (SSSR count). The van der Waals surface area contributed by atoms with Crippen LogP contribution in [-0.2, 0) is 0 Å². The van der Waals surface area contributed by atoms with Gasteiger partial charge in [0.15, 0.2) is 11.5 Å². The largest absolute Gasteiger partial charge is 0.493 e. The number of nitrogens with zero attached hydrogens (tertiary/aromatic N) is 1. The predicted octanol–water partition coefficient (Wildman–Crippen LogP) is 3.21. The number of nitrogens with one attached hydrogen (secondary N) is 1. The molecule has 1 aliphatic rings. The number of hydrogen-bond acceptors (Lipinski definition) is 5. The molecule has 2 unspecified atom stereocenters. The molecule has 0 aromatic heterocycles. The first kappa shape index (κ1) is 15.3. The average Bonchev–Trinajstić information content (AvgIpc) is 2.54. The highest BCUT2D eigenvalue weighted by Gasteiger charge is 2.25. The van der Waals surface area contributed by atoms with Gasteiger partial charge in [0.2, 0.25) is 5.75 Å². The first-order valence-corrected chi connectivity index (χ1v) is 7.19. The summed E-state index contributed by atoms with van der Waals surface area (Å²) in [5.74, 6) is 1.86. The van der Waals surface area contributed by atoms with Crippen LogP contribution in [0, 0.1) is 17.2 Å². The number of methoxy groups -OCH3 is 3. The van der Waals surface area contributed by atoms with Crippen molar-refractivity contribution in [1.82, 2.24) is 0 Å². The summed E-state index contributed by atoms with van der Waals surface area (Å²) in [5, 5.41) is 12.7. The van der Waals surface area contributed by atoms with Crippen LogP contribution in [0.5, 0.6) is 17.2 Å². The molecule has 1 aromatic carbocycles. The van der Waals surface area contributed by atoms with Crippen LogP contribution in [0.4, 0.5) is 5.69 Å². The van der Waals surface area contributed by atoms with Gasteiger partial charge in [-0.05, 0) is 12.8 Å². The highest BCUT2D eigenvalue weighted by Crippen LogP contribution is 2.40. The maximum Gasteiger partial charge on any atom is 0.203 e. The van der Waals surface area contributed by atoms with Crippen LogP contribution in [0.2, 0.25) is 0 Å². The third-order valence-electron chi connectivity index (χ3n) is 3.95. The first-order valence-electron chi connectivity index (χ1n) is 7.19. The number of rotatable bonds is 5. The van der Waals surface area contributed by atoms with Gasteiger partial charge in [-0.2, -0.15) is 5.26 Å². The molecule has 21 heavy (non-hydrogen) atoms. The predicted molar refractivity (Wildman–Crippen MR) is 81.1 cm³/mol. The van der Waals surface area contributed by atoms with Gasteiger partial charge < -0.3 is 19.5 Å². The van der Waals surface area contributed by atoms with Gasteiger partial charge in [0, 0.05) is 23.9 Å². The molecule has 0 bridgehead atoms. The molecule has 0 radical (unpaired) electrons. The molecule has 0 saturated heterocycles. The molecule has 1 aliphatic carbocycles. The number of benzene rings is 1. The quantitative estimate of drug-likeness (QED) is 0.902. The standard InChI is InChI=1S/C16H22N2O3/c1-19-14-8-12(9-15(20-2)16(14)21-3)18-13-7-5-4-6-11(13)10-17/h8-9,11,13,18H,4-7H2,1-3H3. The van der Waals surface area contributed by atoms with E-state index in [1.165, 1.54) is 0 Å². The van der Waals surface area contributed by atoms with Crippen LogP contribution >= 0.6 is 0 Å². The van der Waals surface area contributed by atoms with E-state index in [2.05, 4.69) is 11.4 Å². The number of ether oxygens (including phenoxy) is 3. The lowest BCUT2D eigenvalue weighted by Gasteiger charge is -2.29. The van der Waals surface area contributed by atoms with Gasteiger partial charge in [-0.3, -0.25) is 0 Å².